The molecule has 0 unspecified atom stereocenters. The summed E-state index contributed by atoms with van der Waals surface area (Å²) in [4.78, 5) is 18.5. The lowest BCUT2D eigenvalue weighted by molar-refractivity contribution is -0.135. The Bertz CT molecular complexity index is 1230. The second-order valence-corrected chi connectivity index (χ2v) is 7.68. The second-order valence-electron chi connectivity index (χ2n) is 7.27. The van der Waals surface area contributed by atoms with E-state index in [4.69, 9.17) is 26.0 Å². The highest BCUT2D eigenvalue weighted by Gasteiger charge is 2.16. The molecule has 2 heterocycles. The zero-order valence-corrected chi connectivity index (χ0v) is 17.7. The molecule has 8 nitrogen and oxygen atoms in total. The van der Waals surface area contributed by atoms with Crippen LogP contribution in [0.25, 0.3) is 33.7 Å². The Labute approximate surface area is 183 Å². The quantitative estimate of drug-likeness (QED) is 0.369. The monoisotopic (exact) mass is 440 g/mol. The number of ether oxygens (including phenoxy) is 1. The van der Waals surface area contributed by atoms with Gasteiger partial charge in [-0.25, -0.2) is 0 Å². The summed E-state index contributed by atoms with van der Waals surface area (Å²) in [5, 5.41) is 17.3. The van der Waals surface area contributed by atoms with Gasteiger partial charge in [0.15, 0.2) is 0 Å². The zero-order valence-electron chi connectivity index (χ0n) is 17.0. The molecule has 0 saturated carbocycles. The van der Waals surface area contributed by atoms with Crippen molar-refractivity contribution in [1.29, 1.82) is 0 Å². The number of halogens is 1. The van der Waals surface area contributed by atoms with Crippen LogP contribution in [0, 0.1) is 0 Å². The molecule has 4 aromatic rings. The molecule has 0 aliphatic rings. The number of aromatic nitrogens is 3. The standard InChI is InChI=1S/C22H21ClN4O4/c1-12(2)30-18-7-6-13(8-17(18)23)22-26-21(27-31-22)16-5-3-4-15-14(10-25-20(15)16)9-24-11-19(28)29/h3-8,10,12,24-25H,9,11H2,1-2H3,(H,28,29). The fourth-order valence-corrected chi connectivity index (χ4v) is 3.51. The predicted octanol–water partition coefficient (Wildman–Crippen LogP) is 4.50. The first-order chi connectivity index (χ1) is 14.9. The second kappa shape index (κ2) is 8.79. The third-order valence-electron chi connectivity index (χ3n) is 4.60. The number of H-pyrrole nitrogens is 1. The smallest absolute Gasteiger partial charge is 0.317 e. The van der Waals surface area contributed by atoms with E-state index in [0.29, 0.717) is 34.6 Å². The molecule has 3 N–H and O–H groups in total. The van der Waals surface area contributed by atoms with E-state index in [9.17, 15) is 4.79 Å². The van der Waals surface area contributed by atoms with Gasteiger partial charge >= 0.3 is 5.97 Å². The number of hydrogen-bond acceptors (Lipinski definition) is 6. The molecule has 0 aliphatic carbocycles. The summed E-state index contributed by atoms with van der Waals surface area (Å²) >= 11 is 6.33. The van der Waals surface area contributed by atoms with Gasteiger partial charge in [0.25, 0.3) is 5.89 Å². The van der Waals surface area contributed by atoms with Gasteiger partial charge in [-0.05, 0) is 43.7 Å². The Morgan fingerprint density at radius 1 is 1.32 bits per heavy atom. The maximum atomic E-state index is 10.7. The molecule has 4 rings (SSSR count). The molecule has 2 aromatic carbocycles. The summed E-state index contributed by atoms with van der Waals surface area (Å²) < 4.78 is 11.1. The molecule has 9 heteroatoms. The summed E-state index contributed by atoms with van der Waals surface area (Å²) in [5.41, 5.74) is 3.27. The number of para-hydroxylation sites is 1. The van der Waals surface area contributed by atoms with Crippen LogP contribution < -0.4 is 10.1 Å². The first-order valence-corrected chi connectivity index (χ1v) is 10.1. The highest BCUT2D eigenvalue weighted by Crippen LogP contribution is 2.33. The first kappa shape index (κ1) is 20.9. The van der Waals surface area contributed by atoms with Crippen molar-refractivity contribution in [2.24, 2.45) is 0 Å². The number of carbonyl (C=O) groups is 1. The number of hydrogen-bond donors (Lipinski definition) is 3. The minimum Gasteiger partial charge on any atom is -0.489 e. The number of nitrogens with zero attached hydrogens (tertiary/aromatic N) is 2. The molecule has 0 saturated heterocycles. The van der Waals surface area contributed by atoms with Crippen LogP contribution in [-0.4, -0.2) is 38.8 Å². The lowest BCUT2D eigenvalue weighted by atomic mass is 10.1. The highest BCUT2D eigenvalue weighted by molar-refractivity contribution is 6.32. The van der Waals surface area contributed by atoms with Gasteiger partial charge in [-0.15, -0.1) is 0 Å². The Kier molecular flexibility index (Phi) is 5.92. The minimum atomic E-state index is -0.899. The van der Waals surface area contributed by atoms with Crippen LogP contribution in [0.2, 0.25) is 5.02 Å². The fourth-order valence-electron chi connectivity index (χ4n) is 3.28. The van der Waals surface area contributed by atoms with E-state index >= 15 is 0 Å². The van der Waals surface area contributed by atoms with Crippen LogP contribution in [0.3, 0.4) is 0 Å². The van der Waals surface area contributed by atoms with Crippen LogP contribution in [0.4, 0.5) is 0 Å². The molecule has 0 spiro atoms. The molecule has 0 aliphatic heterocycles. The lowest BCUT2D eigenvalue weighted by Gasteiger charge is -2.11. The van der Waals surface area contributed by atoms with Crippen molar-refractivity contribution in [1.82, 2.24) is 20.4 Å². The molecule has 0 radical (unpaired) electrons. The number of fused-ring (bicyclic) bond motifs is 1. The van der Waals surface area contributed by atoms with E-state index in [1.807, 2.05) is 44.3 Å². The van der Waals surface area contributed by atoms with E-state index in [-0.39, 0.29) is 12.6 Å². The highest BCUT2D eigenvalue weighted by atomic mass is 35.5. The van der Waals surface area contributed by atoms with Gasteiger partial charge in [-0.3, -0.25) is 4.79 Å². The summed E-state index contributed by atoms with van der Waals surface area (Å²) in [7, 11) is 0. The summed E-state index contributed by atoms with van der Waals surface area (Å²) in [6.07, 6.45) is 1.86. The normalized spacial score (nSPS) is 11.4. The number of nitrogens with one attached hydrogen (secondary N) is 2. The molecule has 0 amide bonds. The minimum absolute atomic E-state index is 0.0175. The molecule has 160 valence electrons. The number of carboxylic acid groups (broad SMARTS) is 1. The fraction of sp³-hybridized carbons (Fsp3) is 0.227. The Morgan fingerprint density at radius 2 is 2.16 bits per heavy atom. The number of carboxylic acids is 1. The van der Waals surface area contributed by atoms with Crippen LogP contribution in [0.5, 0.6) is 5.75 Å². The number of aliphatic carboxylic acids is 1. The molecule has 31 heavy (non-hydrogen) atoms. The first-order valence-electron chi connectivity index (χ1n) is 9.74. The lowest BCUT2D eigenvalue weighted by Crippen LogP contribution is -2.21. The van der Waals surface area contributed by atoms with Gasteiger partial charge in [0.2, 0.25) is 5.82 Å². The van der Waals surface area contributed by atoms with Crippen molar-refractivity contribution < 1.29 is 19.2 Å². The molecule has 0 atom stereocenters. The summed E-state index contributed by atoms with van der Waals surface area (Å²) in [6, 6.07) is 11.1. The van der Waals surface area contributed by atoms with Gasteiger partial charge in [0.05, 0.1) is 23.2 Å². The average molecular weight is 441 g/mol. The average Bonchev–Trinajstić information content (AvgIpc) is 3.36. The van der Waals surface area contributed by atoms with Crippen molar-refractivity contribution in [3.05, 3.63) is 53.2 Å². The van der Waals surface area contributed by atoms with Gasteiger partial charge in [-0.2, -0.15) is 4.98 Å². The number of benzene rings is 2. The van der Waals surface area contributed by atoms with Crippen molar-refractivity contribution in [2.75, 3.05) is 6.54 Å². The zero-order chi connectivity index (χ0) is 22.0. The molecular formula is C22H21ClN4O4. The predicted molar refractivity (Wildman–Crippen MR) is 117 cm³/mol. The van der Waals surface area contributed by atoms with E-state index in [1.54, 1.807) is 12.1 Å². The SMILES string of the molecule is CC(C)Oc1ccc(-c2nc(-c3cccc4c(CNCC(=O)O)c[nH]c34)no2)cc1Cl. The molecule has 0 bridgehead atoms. The van der Waals surface area contributed by atoms with Gasteiger partial charge in [-0.1, -0.05) is 28.9 Å². The van der Waals surface area contributed by atoms with Crippen LogP contribution in [0.1, 0.15) is 19.4 Å². The molecule has 0 fully saturated rings. The Hall–Kier alpha value is -3.36. The molecule has 2 aromatic heterocycles. The van der Waals surface area contributed by atoms with E-state index in [0.717, 1.165) is 22.0 Å². The Balaban J connectivity index is 1.61. The maximum absolute atomic E-state index is 10.7. The number of rotatable bonds is 8. The van der Waals surface area contributed by atoms with Crippen LogP contribution in [-0.2, 0) is 11.3 Å². The van der Waals surface area contributed by atoms with Gasteiger partial charge < -0.3 is 24.7 Å². The van der Waals surface area contributed by atoms with Crippen LogP contribution >= 0.6 is 11.6 Å². The summed E-state index contributed by atoms with van der Waals surface area (Å²) in [6.45, 7) is 4.19. The molecular weight excluding hydrogens is 420 g/mol. The topological polar surface area (TPSA) is 113 Å². The van der Waals surface area contributed by atoms with Crippen molar-refractivity contribution in [3.8, 4) is 28.6 Å². The van der Waals surface area contributed by atoms with Crippen molar-refractivity contribution >= 4 is 28.5 Å². The summed E-state index contributed by atoms with van der Waals surface area (Å²) in [5.74, 6) is 0.482. The van der Waals surface area contributed by atoms with E-state index in [2.05, 4.69) is 20.4 Å². The van der Waals surface area contributed by atoms with E-state index < -0.39 is 5.97 Å². The van der Waals surface area contributed by atoms with Crippen molar-refractivity contribution in [2.45, 2.75) is 26.5 Å². The van der Waals surface area contributed by atoms with Crippen LogP contribution in [0.15, 0.2) is 47.1 Å². The largest absolute Gasteiger partial charge is 0.489 e. The van der Waals surface area contributed by atoms with Crippen molar-refractivity contribution in [3.63, 3.8) is 0 Å². The third kappa shape index (κ3) is 4.55. The Morgan fingerprint density at radius 3 is 2.90 bits per heavy atom. The third-order valence-corrected chi connectivity index (χ3v) is 4.90. The van der Waals surface area contributed by atoms with Gasteiger partial charge in [0.1, 0.15) is 5.75 Å². The number of aromatic amines is 1. The maximum Gasteiger partial charge on any atom is 0.317 e. The van der Waals surface area contributed by atoms with E-state index in [1.165, 1.54) is 0 Å². The van der Waals surface area contributed by atoms with Gasteiger partial charge in [0, 0.05) is 29.3 Å².